The van der Waals surface area contributed by atoms with Crippen LogP contribution in [-0.2, 0) is 0 Å². The van der Waals surface area contributed by atoms with Crippen molar-refractivity contribution in [2.75, 3.05) is 6.61 Å². The number of nitro benzene ring substituents is 1. The van der Waals surface area contributed by atoms with Gasteiger partial charge in [-0.25, -0.2) is 0 Å². The summed E-state index contributed by atoms with van der Waals surface area (Å²) in [6.45, 7) is 2.46. The van der Waals surface area contributed by atoms with Gasteiger partial charge in [-0.05, 0) is 42.3 Å². The number of rotatable bonds is 6. The zero-order valence-corrected chi connectivity index (χ0v) is 11.4. The number of hydrogen-bond acceptors (Lipinski definition) is 5. The van der Waals surface area contributed by atoms with Crippen molar-refractivity contribution in [3.05, 3.63) is 74.7 Å². The van der Waals surface area contributed by atoms with E-state index >= 15 is 0 Å². The molecule has 2 aromatic rings. The summed E-state index contributed by atoms with van der Waals surface area (Å²) < 4.78 is 5.34. The van der Waals surface area contributed by atoms with Crippen molar-refractivity contribution in [1.29, 1.82) is 0 Å². The van der Waals surface area contributed by atoms with Crippen molar-refractivity contribution in [1.82, 2.24) is 0 Å². The summed E-state index contributed by atoms with van der Waals surface area (Å²) in [6.07, 6.45) is 0. The zero-order valence-electron chi connectivity index (χ0n) is 11.4. The van der Waals surface area contributed by atoms with E-state index in [1.165, 1.54) is 12.1 Å². The molecule has 0 aliphatic rings. The maximum Gasteiger partial charge on any atom is 0.269 e. The molecule has 0 spiro atoms. The first-order valence-corrected chi connectivity index (χ1v) is 6.45. The molecule has 0 bridgehead atoms. The second-order valence-corrected chi connectivity index (χ2v) is 4.36. The number of ether oxygens (including phenoxy) is 1. The molecular weight excluding hydrogens is 272 g/mol. The topological polar surface area (TPSA) is 81.8 Å². The zero-order chi connectivity index (χ0) is 15.2. The first-order chi connectivity index (χ1) is 10.2. The van der Waals surface area contributed by atoms with Crippen molar-refractivity contribution >= 4 is 5.69 Å². The van der Waals surface area contributed by atoms with Crippen LogP contribution in [0, 0.1) is 15.0 Å². The lowest BCUT2D eigenvalue weighted by molar-refractivity contribution is -0.384. The molecule has 1 unspecified atom stereocenters. The second kappa shape index (κ2) is 6.60. The van der Waals surface area contributed by atoms with Gasteiger partial charge >= 0.3 is 0 Å². The molecule has 0 saturated carbocycles. The Morgan fingerprint density at radius 1 is 1.10 bits per heavy atom. The molecule has 0 N–H and O–H groups in total. The minimum atomic E-state index is -0.693. The molecule has 1 atom stereocenters. The average Bonchev–Trinajstić information content (AvgIpc) is 2.50. The quantitative estimate of drug-likeness (QED) is 0.459. The molecule has 0 aliphatic heterocycles. The monoisotopic (exact) mass is 286 g/mol. The fraction of sp³-hybridized carbons (Fsp3) is 0.200. The van der Waals surface area contributed by atoms with Gasteiger partial charge in [-0.15, -0.1) is 4.91 Å². The van der Waals surface area contributed by atoms with E-state index in [0.29, 0.717) is 17.7 Å². The number of non-ortho nitro benzene ring substituents is 1. The summed E-state index contributed by atoms with van der Waals surface area (Å²) in [7, 11) is 0. The van der Waals surface area contributed by atoms with Crippen LogP contribution < -0.4 is 4.74 Å². The van der Waals surface area contributed by atoms with E-state index in [9.17, 15) is 15.0 Å². The smallest absolute Gasteiger partial charge is 0.269 e. The van der Waals surface area contributed by atoms with Crippen LogP contribution in [0.15, 0.2) is 53.7 Å². The number of benzene rings is 2. The highest BCUT2D eigenvalue weighted by Gasteiger charge is 2.16. The summed E-state index contributed by atoms with van der Waals surface area (Å²) in [6, 6.07) is 12.2. The van der Waals surface area contributed by atoms with Gasteiger partial charge in [0.2, 0.25) is 0 Å². The van der Waals surface area contributed by atoms with E-state index in [-0.39, 0.29) is 5.69 Å². The Balaban J connectivity index is 2.26. The van der Waals surface area contributed by atoms with Crippen LogP contribution in [0.1, 0.15) is 24.1 Å². The molecule has 108 valence electrons. The number of nitroso groups, excluding NO2 is 1. The van der Waals surface area contributed by atoms with Crippen LogP contribution in [0.25, 0.3) is 0 Å². The third-order valence-corrected chi connectivity index (χ3v) is 3.03. The van der Waals surface area contributed by atoms with Gasteiger partial charge in [0.15, 0.2) is 0 Å². The fourth-order valence-electron chi connectivity index (χ4n) is 2.01. The van der Waals surface area contributed by atoms with Gasteiger partial charge in [0, 0.05) is 12.1 Å². The summed E-state index contributed by atoms with van der Waals surface area (Å²) in [5, 5.41) is 13.7. The van der Waals surface area contributed by atoms with Crippen molar-refractivity contribution in [3.8, 4) is 5.75 Å². The molecular formula is C15H14N2O4. The lowest BCUT2D eigenvalue weighted by Crippen LogP contribution is -1.98. The fourth-order valence-corrected chi connectivity index (χ4v) is 2.01. The van der Waals surface area contributed by atoms with Gasteiger partial charge in [0.05, 0.1) is 11.5 Å². The van der Waals surface area contributed by atoms with Crippen LogP contribution >= 0.6 is 0 Å². The van der Waals surface area contributed by atoms with Crippen LogP contribution in [0.5, 0.6) is 5.75 Å². The average molecular weight is 286 g/mol. The van der Waals surface area contributed by atoms with Crippen LogP contribution in [-0.4, -0.2) is 11.5 Å². The summed E-state index contributed by atoms with van der Waals surface area (Å²) in [4.78, 5) is 21.3. The van der Waals surface area contributed by atoms with E-state index < -0.39 is 11.0 Å². The molecule has 2 aromatic carbocycles. The Labute approximate surface area is 121 Å². The SMILES string of the molecule is CCOc1ccc(C(N=O)c2ccc([N+](=O)[O-])cc2)cc1. The highest BCUT2D eigenvalue weighted by atomic mass is 16.6. The third kappa shape index (κ3) is 3.42. The first-order valence-electron chi connectivity index (χ1n) is 6.45. The van der Waals surface area contributed by atoms with E-state index in [0.717, 1.165) is 5.75 Å². The lowest BCUT2D eigenvalue weighted by Gasteiger charge is -2.11. The van der Waals surface area contributed by atoms with Gasteiger partial charge in [-0.3, -0.25) is 10.1 Å². The normalized spacial score (nSPS) is 11.7. The minimum Gasteiger partial charge on any atom is -0.494 e. The molecule has 0 amide bonds. The molecule has 21 heavy (non-hydrogen) atoms. The first kappa shape index (κ1) is 14.6. The van der Waals surface area contributed by atoms with Gasteiger partial charge in [-0.2, -0.15) is 0 Å². The van der Waals surface area contributed by atoms with E-state index in [1.807, 2.05) is 6.92 Å². The molecule has 2 rings (SSSR count). The maximum atomic E-state index is 11.1. The minimum absolute atomic E-state index is 0.0184. The summed E-state index contributed by atoms with van der Waals surface area (Å²) in [5.74, 6) is 0.717. The predicted molar refractivity (Wildman–Crippen MR) is 78.3 cm³/mol. The van der Waals surface area contributed by atoms with Crippen molar-refractivity contribution in [2.24, 2.45) is 5.18 Å². The van der Waals surface area contributed by atoms with E-state index in [1.54, 1.807) is 36.4 Å². The van der Waals surface area contributed by atoms with Crippen molar-refractivity contribution in [3.63, 3.8) is 0 Å². The van der Waals surface area contributed by atoms with Gasteiger partial charge in [-0.1, -0.05) is 17.3 Å². The Morgan fingerprint density at radius 2 is 1.62 bits per heavy atom. The van der Waals surface area contributed by atoms with Crippen LogP contribution in [0.2, 0.25) is 0 Å². The lowest BCUT2D eigenvalue weighted by atomic mass is 9.99. The molecule has 0 aromatic heterocycles. The largest absolute Gasteiger partial charge is 0.494 e. The van der Waals surface area contributed by atoms with Crippen LogP contribution in [0.4, 0.5) is 5.69 Å². The number of nitrogens with zero attached hydrogens (tertiary/aromatic N) is 2. The van der Waals surface area contributed by atoms with Gasteiger partial charge in [0.1, 0.15) is 11.8 Å². The standard InChI is InChI=1S/C15H14N2O4/c1-2-21-14-9-5-12(6-10-14)15(16-18)11-3-7-13(8-4-11)17(19)20/h3-10,15H,2H2,1H3. The van der Waals surface area contributed by atoms with E-state index in [2.05, 4.69) is 5.18 Å². The van der Waals surface area contributed by atoms with Crippen molar-refractivity contribution in [2.45, 2.75) is 13.0 Å². The molecule has 0 radical (unpaired) electrons. The molecule has 0 fully saturated rings. The predicted octanol–water partition coefficient (Wildman–Crippen LogP) is 3.85. The molecule has 0 saturated heterocycles. The maximum absolute atomic E-state index is 11.1. The highest BCUT2D eigenvalue weighted by Crippen LogP contribution is 2.28. The second-order valence-electron chi connectivity index (χ2n) is 4.36. The highest BCUT2D eigenvalue weighted by molar-refractivity contribution is 5.39. The Bertz CT molecular complexity index is 623. The van der Waals surface area contributed by atoms with Gasteiger partial charge in [0.25, 0.3) is 5.69 Å². The molecule has 6 heteroatoms. The third-order valence-electron chi connectivity index (χ3n) is 3.03. The van der Waals surface area contributed by atoms with E-state index in [4.69, 9.17) is 4.74 Å². The Morgan fingerprint density at radius 3 is 2.05 bits per heavy atom. The van der Waals surface area contributed by atoms with Gasteiger partial charge < -0.3 is 4.74 Å². The summed E-state index contributed by atoms with van der Waals surface area (Å²) >= 11 is 0. The molecule has 6 nitrogen and oxygen atoms in total. The number of hydrogen-bond donors (Lipinski definition) is 0. The Hall–Kier alpha value is -2.76. The Kier molecular flexibility index (Phi) is 4.61. The summed E-state index contributed by atoms with van der Waals surface area (Å²) in [5.41, 5.74) is 1.30. The van der Waals surface area contributed by atoms with Crippen molar-refractivity contribution < 1.29 is 9.66 Å². The van der Waals surface area contributed by atoms with Crippen LogP contribution in [0.3, 0.4) is 0 Å². The molecule has 0 heterocycles. The number of nitro groups is 1. The molecule has 0 aliphatic carbocycles.